The lowest BCUT2D eigenvalue weighted by molar-refractivity contribution is -0.390. The van der Waals surface area contributed by atoms with Crippen molar-refractivity contribution in [2.75, 3.05) is 19.7 Å². The van der Waals surface area contributed by atoms with Crippen LogP contribution in [-0.4, -0.2) is 40.4 Å². The lowest BCUT2D eigenvalue weighted by atomic mass is 9.75. The maximum atomic E-state index is 12.3. The zero-order valence-electron chi connectivity index (χ0n) is 13.0. The smallest absolute Gasteiger partial charge is 0.406 e. The molecule has 124 valence electrons. The summed E-state index contributed by atoms with van der Waals surface area (Å²) in [5.41, 5.74) is 0. The van der Waals surface area contributed by atoms with Crippen molar-refractivity contribution in [2.45, 2.75) is 32.1 Å². The number of aromatic nitrogens is 1. The van der Waals surface area contributed by atoms with Gasteiger partial charge in [-0.1, -0.05) is 19.3 Å². The molecule has 3 rings (SSSR count). The molecule has 1 saturated carbocycles. The van der Waals surface area contributed by atoms with Gasteiger partial charge in [0, 0.05) is 13.1 Å². The average molecular weight is 319 g/mol. The molecule has 1 aromatic heterocycles. The standard InChI is InChI=1S/C16H21N3O4/c20-15(11-23-14-6-3-8-17-16(14)19(21)22)18-9-7-12-4-1-2-5-13(12)10-18/h3,6,8,12-13H,1-2,4-5,7,9-11H2/t12-,13+/m0/s1. The Morgan fingerprint density at radius 3 is 2.91 bits per heavy atom. The number of amides is 1. The fourth-order valence-electron chi connectivity index (χ4n) is 3.69. The van der Waals surface area contributed by atoms with Gasteiger partial charge >= 0.3 is 5.82 Å². The van der Waals surface area contributed by atoms with Gasteiger partial charge in [-0.25, -0.2) is 0 Å². The number of pyridine rings is 1. The van der Waals surface area contributed by atoms with Gasteiger partial charge in [-0.05, 0) is 46.7 Å². The first-order valence-electron chi connectivity index (χ1n) is 8.15. The molecular formula is C16H21N3O4. The van der Waals surface area contributed by atoms with Gasteiger partial charge in [0.2, 0.25) is 5.75 Å². The Balaban J connectivity index is 1.57. The highest BCUT2D eigenvalue weighted by Crippen LogP contribution is 2.36. The van der Waals surface area contributed by atoms with Gasteiger partial charge in [-0.15, -0.1) is 0 Å². The van der Waals surface area contributed by atoms with Crippen molar-refractivity contribution in [2.24, 2.45) is 11.8 Å². The van der Waals surface area contributed by atoms with Crippen molar-refractivity contribution in [3.05, 3.63) is 28.4 Å². The van der Waals surface area contributed by atoms with Gasteiger partial charge in [-0.3, -0.25) is 4.79 Å². The molecule has 1 aromatic rings. The predicted molar refractivity (Wildman–Crippen MR) is 83.0 cm³/mol. The molecule has 1 aliphatic heterocycles. The third-order valence-electron chi connectivity index (χ3n) is 4.92. The summed E-state index contributed by atoms with van der Waals surface area (Å²) < 4.78 is 5.35. The molecule has 0 radical (unpaired) electrons. The fourth-order valence-corrected chi connectivity index (χ4v) is 3.69. The number of hydrogen-bond donors (Lipinski definition) is 0. The zero-order chi connectivity index (χ0) is 16.2. The number of fused-ring (bicyclic) bond motifs is 1. The lowest BCUT2D eigenvalue weighted by Gasteiger charge is -2.41. The molecule has 2 fully saturated rings. The van der Waals surface area contributed by atoms with Crippen molar-refractivity contribution in [3.63, 3.8) is 0 Å². The van der Waals surface area contributed by atoms with E-state index in [9.17, 15) is 14.9 Å². The second kappa shape index (κ2) is 6.93. The van der Waals surface area contributed by atoms with Crippen LogP contribution in [-0.2, 0) is 4.79 Å². The molecule has 2 heterocycles. The van der Waals surface area contributed by atoms with E-state index >= 15 is 0 Å². The van der Waals surface area contributed by atoms with Crippen LogP contribution in [0.2, 0.25) is 0 Å². The molecule has 0 aromatic carbocycles. The molecule has 1 saturated heterocycles. The topological polar surface area (TPSA) is 85.6 Å². The van der Waals surface area contributed by atoms with E-state index in [1.54, 1.807) is 6.07 Å². The minimum atomic E-state index is -0.604. The maximum absolute atomic E-state index is 12.3. The summed E-state index contributed by atoms with van der Waals surface area (Å²) in [5.74, 6) is 0.944. The van der Waals surface area contributed by atoms with E-state index in [4.69, 9.17) is 4.74 Å². The van der Waals surface area contributed by atoms with Crippen LogP contribution in [0.1, 0.15) is 32.1 Å². The van der Waals surface area contributed by atoms with Crippen LogP contribution in [0.25, 0.3) is 0 Å². The SMILES string of the molecule is O=C(COc1cccnc1[N+](=O)[O-])N1CC[C@@H]2CCCC[C@@H]2C1. The third kappa shape index (κ3) is 3.60. The highest BCUT2D eigenvalue weighted by molar-refractivity contribution is 5.78. The minimum absolute atomic E-state index is 0.0402. The number of ether oxygens (including phenoxy) is 1. The zero-order valence-corrected chi connectivity index (χ0v) is 13.0. The van der Waals surface area contributed by atoms with Crippen molar-refractivity contribution in [1.29, 1.82) is 0 Å². The Bertz CT molecular complexity index is 592. The molecule has 0 bridgehead atoms. The molecule has 1 amide bonds. The van der Waals surface area contributed by atoms with Crippen LogP contribution < -0.4 is 4.74 Å². The van der Waals surface area contributed by atoms with Crippen LogP contribution in [0.15, 0.2) is 18.3 Å². The van der Waals surface area contributed by atoms with E-state index in [1.165, 1.54) is 37.9 Å². The Hall–Kier alpha value is -2.18. The molecule has 0 spiro atoms. The van der Waals surface area contributed by atoms with E-state index in [0.717, 1.165) is 25.4 Å². The molecule has 7 nitrogen and oxygen atoms in total. The summed E-state index contributed by atoms with van der Waals surface area (Å²) in [7, 11) is 0. The van der Waals surface area contributed by atoms with Gasteiger partial charge < -0.3 is 19.8 Å². The number of rotatable bonds is 4. The first-order chi connectivity index (χ1) is 11.1. The predicted octanol–water partition coefficient (Wildman–Crippen LogP) is 2.41. The van der Waals surface area contributed by atoms with Gasteiger partial charge in [0.25, 0.3) is 5.91 Å². The second-order valence-corrected chi connectivity index (χ2v) is 6.30. The number of likely N-dealkylation sites (tertiary alicyclic amines) is 1. The van der Waals surface area contributed by atoms with E-state index in [2.05, 4.69) is 4.98 Å². The summed E-state index contributed by atoms with van der Waals surface area (Å²) in [5, 5.41) is 10.9. The maximum Gasteiger partial charge on any atom is 0.406 e. The van der Waals surface area contributed by atoms with Gasteiger partial charge in [-0.2, -0.15) is 0 Å². The summed E-state index contributed by atoms with van der Waals surface area (Å²) in [6, 6.07) is 3.02. The number of nitro groups is 1. The van der Waals surface area contributed by atoms with Crippen LogP contribution in [0.3, 0.4) is 0 Å². The van der Waals surface area contributed by atoms with Crippen LogP contribution in [0.5, 0.6) is 5.75 Å². The van der Waals surface area contributed by atoms with Gasteiger partial charge in [0.05, 0.1) is 0 Å². The van der Waals surface area contributed by atoms with E-state index in [0.29, 0.717) is 5.92 Å². The molecule has 2 atom stereocenters. The molecule has 23 heavy (non-hydrogen) atoms. The number of carbonyl (C=O) groups excluding carboxylic acids is 1. The fraction of sp³-hybridized carbons (Fsp3) is 0.625. The Morgan fingerprint density at radius 1 is 1.35 bits per heavy atom. The van der Waals surface area contributed by atoms with E-state index in [-0.39, 0.29) is 24.1 Å². The molecule has 0 N–H and O–H groups in total. The highest BCUT2D eigenvalue weighted by Gasteiger charge is 2.33. The van der Waals surface area contributed by atoms with Crippen molar-refractivity contribution < 1.29 is 14.5 Å². The monoisotopic (exact) mass is 319 g/mol. The van der Waals surface area contributed by atoms with Gasteiger partial charge in [0.15, 0.2) is 6.61 Å². The summed E-state index contributed by atoms with van der Waals surface area (Å²) >= 11 is 0. The number of piperidine rings is 1. The van der Waals surface area contributed by atoms with Gasteiger partial charge in [0.1, 0.15) is 6.20 Å². The summed E-state index contributed by atoms with van der Waals surface area (Å²) in [6.07, 6.45) is 7.43. The van der Waals surface area contributed by atoms with Crippen molar-refractivity contribution in [3.8, 4) is 5.75 Å². The number of nitrogens with zero attached hydrogens (tertiary/aromatic N) is 3. The van der Waals surface area contributed by atoms with Crippen LogP contribution in [0, 0.1) is 22.0 Å². The third-order valence-corrected chi connectivity index (χ3v) is 4.92. The van der Waals surface area contributed by atoms with Crippen molar-refractivity contribution >= 4 is 11.7 Å². The average Bonchev–Trinajstić information content (AvgIpc) is 2.59. The van der Waals surface area contributed by atoms with E-state index < -0.39 is 4.92 Å². The van der Waals surface area contributed by atoms with E-state index in [1.807, 2.05) is 4.90 Å². The second-order valence-electron chi connectivity index (χ2n) is 6.30. The molecular weight excluding hydrogens is 298 g/mol. The minimum Gasteiger partial charge on any atom is -0.476 e. The summed E-state index contributed by atoms with van der Waals surface area (Å²) in [4.78, 5) is 28.1. The normalized spacial score (nSPS) is 23.9. The highest BCUT2D eigenvalue weighted by atomic mass is 16.6. The first kappa shape index (κ1) is 15.7. The Kier molecular flexibility index (Phi) is 4.73. The lowest BCUT2D eigenvalue weighted by Crippen LogP contribution is -2.46. The first-order valence-corrected chi connectivity index (χ1v) is 8.15. The van der Waals surface area contributed by atoms with Crippen molar-refractivity contribution in [1.82, 2.24) is 9.88 Å². The Labute approximate surface area is 134 Å². The Morgan fingerprint density at radius 2 is 2.13 bits per heavy atom. The summed E-state index contributed by atoms with van der Waals surface area (Å²) in [6.45, 7) is 1.38. The molecule has 2 aliphatic rings. The molecule has 7 heteroatoms. The molecule has 0 unspecified atom stereocenters. The number of carbonyl (C=O) groups is 1. The quantitative estimate of drug-likeness (QED) is 0.628. The largest absolute Gasteiger partial charge is 0.476 e. The number of hydrogen-bond acceptors (Lipinski definition) is 5. The van der Waals surface area contributed by atoms with Crippen LogP contribution in [0.4, 0.5) is 5.82 Å². The van der Waals surface area contributed by atoms with Crippen LogP contribution >= 0.6 is 0 Å². The molecule has 1 aliphatic carbocycles.